The molecule has 0 heterocycles. The van der Waals surface area contributed by atoms with Gasteiger partial charge >= 0.3 is 0 Å². The van der Waals surface area contributed by atoms with Crippen molar-refractivity contribution in [2.24, 2.45) is 0 Å². The van der Waals surface area contributed by atoms with Crippen LogP contribution in [0.1, 0.15) is 76.3 Å². The molecular formula is C23H30O. The quantitative estimate of drug-likeness (QED) is 0.507. The third-order valence-corrected chi connectivity index (χ3v) is 4.57. The van der Waals surface area contributed by atoms with Crippen LogP contribution in [0.3, 0.4) is 0 Å². The monoisotopic (exact) mass is 322 g/mol. The summed E-state index contributed by atoms with van der Waals surface area (Å²) in [5.74, 6) is 0.110. The molecule has 0 amide bonds. The van der Waals surface area contributed by atoms with Gasteiger partial charge in [-0.25, -0.2) is 0 Å². The molecule has 0 spiro atoms. The molecule has 1 aromatic rings. The van der Waals surface area contributed by atoms with Gasteiger partial charge in [0.15, 0.2) is 5.78 Å². The van der Waals surface area contributed by atoms with Gasteiger partial charge in [0, 0.05) is 5.57 Å². The maximum absolute atomic E-state index is 11.5. The molecule has 0 saturated carbocycles. The topological polar surface area (TPSA) is 17.1 Å². The maximum atomic E-state index is 11.5. The Kier molecular flexibility index (Phi) is 7.74. The highest BCUT2D eigenvalue weighted by Gasteiger charge is 2.23. The largest absolute Gasteiger partial charge is 0.289 e. The molecule has 0 atom stereocenters. The number of carbonyl (C=O) groups is 1. The second-order valence-electron chi connectivity index (χ2n) is 6.57. The van der Waals surface area contributed by atoms with Crippen molar-refractivity contribution in [3.8, 4) is 0 Å². The van der Waals surface area contributed by atoms with Crippen LogP contribution < -0.4 is 0 Å². The number of benzene rings is 1. The summed E-state index contributed by atoms with van der Waals surface area (Å²) in [6, 6.07) is 8.08. The fourth-order valence-electron chi connectivity index (χ4n) is 3.16. The van der Waals surface area contributed by atoms with Gasteiger partial charge in [-0.2, -0.15) is 0 Å². The Bertz CT molecular complexity index is 623. The van der Waals surface area contributed by atoms with Crippen LogP contribution in [0, 0.1) is 0 Å². The first-order valence-electron chi connectivity index (χ1n) is 9.52. The summed E-state index contributed by atoms with van der Waals surface area (Å²) in [4.78, 5) is 11.5. The maximum Gasteiger partial charge on any atom is 0.186 e. The van der Waals surface area contributed by atoms with Gasteiger partial charge in [0.2, 0.25) is 0 Å². The number of carbonyl (C=O) groups excluding carboxylic acids is 1. The van der Waals surface area contributed by atoms with E-state index >= 15 is 0 Å². The molecule has 1 nitrogen and oxygen atoms in total. The molecule has 0 unspecified atom stereocenters. The van der Waals surface area contributed by atoms with Crippen molar-refractivity contribution in [1.82, 2.24) is 0 Å². The second kappa shape index (κ2) is 10.1. The average molecular weight is 322 g/mol. The zero-order valence-corrected chi connectivity index (χ0v) is 15.2. The van der Waals surface area contributed by atoms with Crippen LogP contribution in [0.4, 0.5) is 0 Å². The number of hydrogen-bond acceptors (Lipinski definition) is 1. The van der Waals surface area contributed by atoms with Gasteiger partial charge in [0.25, 0.3) is 0 Å². The molecule has 1 heteroatoms. The number of allylic oxidation sites excluding steroid dienone is 5. The molecule has 0 fully saturated rings. The van der Waals surface area contributed by atoms with Crippen LogP contribution in [0.5, 0.6) is 0 Å². The van der Waals surface area contributed by atoms with E-state index in [-0.39, 0.29) is 5.78 Å². The van der Waals surface area contributed by atoms with Gasteiger partial charge in [0.1, 0.15) is 0 Å². The lowest BCUT2D eigenvalue weighted by molar-refractivity contribution is -0.110. The van der Waals surface area contributed by atoms with E-state index in [4.69, 9.17) is 0 Å². The first kappa shape index (κ1) is 18.4. The smallest absolute Gasteiger partial charge is 0.186 e. The van der Waals surface area contributed by atoms with Crippen molar-refractivity contribution >= 4 is 17.4 Å². The minimum atomic E-state index is 0.110. The predicted molar refractivity (Wildman–Crippen MR) is 105 cm³/mol. The molecule has 24 heavy (non-hydrogen) atoms. The van der Waals surface area contributed by atoms with Crippen LogP contribution >= 0.6 is 0 Å². The summed E-state index contributed by atoms with van der Waals surface area (Å²) in [5, 5.41) is 0. The molecule has 2 aliphatic rings. The summed E-state index contributed by atoms with van der Waals surface area (Å²) in [5.41, 5.74) is 4.20. The third-order valence-electron chi connectivity index (χ3n) is 4.57. The highest BCUT2D eigenvalue weighted by Crippen LogP contribution is 2.37. The van der Waals surface area contributed by atoms with Gasteiger partial charge in [0.05, 0.1) is 0 Å². The molecular weight excluding hydrogens is 292 g/mol. The molecule has 128 valence electrons. The molecule has 0 aliphatic heterocycles. The lowest BCUT2D eigenvalue weighted by Gasteiger charge is -2.06. The van der Waals surface area contributed by atoms with Crippen LogP contribution in [0.25, 0.3) is 11.6 Å². The van der Waals surface area contributed by atoms with Gasteiger partial charge in [-0.05, 0) is 28.9 Å². The van der Waals surface area contributed by atoms with Crippen molar-refractivity contribution in [3.05, 3.63) is 59.2 Å². The molecule has 0 aromatic heterocycles. The van der Waals surface area contributed by atoms with E-state index in [1.165, 1.54) is 56.9 Å². The Balaban J connectivity index is 0.000000187. The van der Waals surface area contributed by atoms with Crippen molar-refractivity contribution < 1.29 is 4.79 Å². The molecule has 0 saturated heterocycles. The molecule has 0 radical (unpaired) electrons. The molecule has 2 aliphatic carbocycles. The second-order valence-corrected chi connectivity index (χ2v) is 6.57. The van der Waals surface area contributed by atoms with Crippen molar-refractivity contribution in [3.63, 3.8) is 0 Å². The van der Waals surface area contributed by atoms with Crippen molar-refractivity contribution in [2.45, 2.75) is 65.2 Å². The number of unbranched alkanes of at least 4 members (excludes halogenated alkanes) is 7. The van der Waals surface area contributed by atoms with Crippen molar-refractivity contribution in [2.75, 3.05) is 0 Å². The van der Waals surface area contributed by atoms with Gasteiger partial charge in [-0.1, -0.05) is 102 Å². The van der Waals surface area contributed by atoms with Crippen LogP contribution in [-0.4, -0.2) is 5.78 Å². The average Bonchev–Trinajstić information content (AvgIpc) is 2.99. The minimum Gasteiger partial charge on any atom is -0.289 e. The highest BCUT2D eigenvalue weighted by molar-refractivity contribution is 6.23. The Labute approximate surface area is 147 Å². The van der Waals surface area contributed by atoms with Gasteiger partial charge < -0.3 is 0 Å². The summed E-state index contributed by atoms with van der Waals surface area (Å²) in [6.45, 7) is 4.54. The van der Waals surface area contributed by atoms with Gasteiger partial charge in [-0.3, -0.25) is 4.79 Å². The Hall–Kier alpha value is -1.89. The molecule has 0 bridgehead atoms. The normalized spacial score (nSPS) is 14.3. The number of rotatable bonds is 7. The third kappa shape index (κ3) is 5.06. The fraction of sp³-hybridized carbons (Fsp3) is 0.435. The van der Waals surface area contributed by atoms with E-state index in [0.717, 1.165) is 16.7 Å². The number of ketones is 1. The lowest BCUT2D eigenvalue weighted by Crippen LogP contribution is -2.00. The predicted octanol–water partition coefficient (Wildman–Crippen LogP) is 6.75. The number of fused-ring (bicyclic) bond motifs is 3. The molecule has 1 aromatic carbocycles. The summed E-state index contributed by atoms with van der Waals surface area (Å²) in [6.07, 6.45) is 18.9. The minimum absolute atomic E-state index is 0.110. The Morgan fingerprint density at radius 3 is 2.08 bits per heavy atom. The van der Waals surface area contributed by atoms with E-state index in [9.17, 15) is 4.79 Å². The fourth-order valence-corrected chi connectivity index (χ4v) is 3.16. The SMILES string of the molecule is CCCCCCCCCC.O=C1C=CC=C2C1=Cc1ccccc12. The van der Waals surface area contributed by atoms with E-state index in [1.807, 2.05) is 36.4 Å². The van der Waals surface area contributed by atoms with Crippen LogP contribution in [0.15, 0.2) is 48.1 Å². The Morgan fingerprint density at radius 2 is 1.42 bits per heavy atom. The lowest BCUT2D eigenvalue weighted by atomic mass is 9.96. The zero-order valence-electron chi connectivity index (χ0n) is 15.2. The first-order valence-corrected chi connectivity index (χ1v) is 9.52. The van der Waals surface area contributed by atoms with E-state index in [1.54, 1.807) is 6.08 Å². The van der Waals surface area contributed by atoms with E-state index in [0.29, 0.717) is 0 Å². The zero-order chi connectivity index (χ0) is 17.2. The van der Waals surface area contributed by atoms with Crippen molar-refractivity contribution in [1.29, 1.82) is 0 Å². The molecule has 3 rings (SSSR count). The van der Waals surface area contributed by atoms with E-state index in [2.05, 4.69) is 19.9 Å². The highest BCUT2D eigenvalue weighted by atomic mass is 16.1. The first-order chi connectivity index (χ1) is 11.8. The summed E-state index contributed by atoms with van der Waals surface area (Å²) >= 11 is 0. The molecule has 0 N–H and O–H groups in total. The Morgan fingerprint density at radius 1 is 0.792 bits per heavy atom. The van der Waals surface area contributed by atoms with Crippen LogP contribution in [0.2, 0.25) is 0 Å². The van der Waals surface area contributed by atoms with Crippen LogP contribution in [-0.2, 0) is 4.79 Å². The standard InChI is InChI=1S/C13H8O.C10H22/c14-13-7-3-6-11-10-5-2-1-4-9(10)8-12(11)13;1-3-5-7-9-10-8-6-4-2/h1-8H;3-10H2,1-2H3. The summed E-state index contributed by atoms with van der Waals surface area (Å²) < 4.78 is 0. The van der Waals surface area contributed by atoms with Gasteiger partial charge in [-0.15, -0.1) is 0 Å². The number of hydrogen-bond donors (Lipinski definition) is 0. The van der Waals surface area contributed by atoms with E-state index < -0.39 is 0 Å². The summed E-state index contributed by atoms with van der Waals surface area (Å²) in [7, 11) is 0.